The molecule has 0 aromatic heterocycles. The third-order valence-corrected chi connectivity index (χ3v) is 4.70. The van der Waals surface area contributed by atoms with Gasteiger partial charge in [-0.25, -0.2) is 0 Å². The van der Waals surface area contributed by atoms with Gasteiger partial charge in [-0.3, -0.25) is 25.0 Å². The fourth-order valence-electron chi connectivity index (χ4n) is 3.65. The minimum absolute atomic E-state index is 0.0824. The Morgan fingerprint density at radius 2 is 1.75 bits per heavy atom. The first-order chi connectivity index (χ1) is 11.6. The topological polar surface area (TPSA) is 92.5 Å². The largest absolute Gasteiger partial charge is 0.365 e. The molecule has 0 bridgehead atoms. The molecule has 0 aliphatic carbocycles. The molecule has 2 aromatic carbocycles. The zero-order chi connectivity index (χ0) is 16.8. The molecule has 7 nitrogen and oxygen atoms in total. The fraction of sp³-hybridized carbons (Fsp3) is 0.294. The van der Waals surface area contributed by atoms with E-state index in [1.807, 2.05) is 4.90 Å². The highest BCUT2D eigenvalue weighted by Crippen LogP contribution is 2.41. The Morgan fingerprint density at radius 3 is 2.46 bits per heavy atom. The quantitative estimate of drug-likeness (QED) is 0.520. The van der Waals surface area contributed by atoms with E-state index in [0.717, 1.165) is 32.4 Å². The van der Waals surface area contributed by atoms with E-state index in [0.29, 0.717) is 22.0 Å². The van der Waals surface area contributed by atoms with E-state index in [1.165, 1.54) is 6.07 Å². The summed E-state index contributed by atoms with van der Waals surface area (Å²) >= 11 is 0. The molecule has 122 valence electrons. The van der Waals surface area contributed by atoms with E-state index in [1.54, 1.807) is 18.2 Å². The zero-order valence-electron chi connectivity index (χ0n) is 12.9. The van der Waals surface area contributed by atoms with Gasteiger partial charge in [0.25, 0.3) is 17.5 Å². The summed E-state index contributed by atoms with van der Waals surface area (Å²) in [7, 11) is 0. The predicted molar refractivity (Wildman–Crippen MR) is 88.5 cm³/mol. The normalized spacial score (nSPS) is 17.1. The van der Waals surface area contributed by atoms with Crippen LogP contribution in [0.5, 0.6) is 0 Å². The van der Waals surface area contributed by atoms with Gasteiger partial charge in [0.15, 0.2) is 0 Å². The number of nitrogens with one attached hydrogen (secondary N) is 1. The van der Waals surface area contributed by atoms with Crippen molar-refractivity contribution in [2.24, 2.45) is 0 Å². The van der Waals surface area contributed by atoms with E-state index in [-0.39, 0.29) is 11.3 Å². The average Bonchev–Trinajstić information content (AvgIpc) is 2.59. The van der Waals surface area contributed by atoms with Gasteiger partial charge < -0.3 is 4.90 Å². The van der Waals surface area contributed by atoms with Gasteiger partial charge in [-0.05, 0) is 25.3 Å². The standard InChI is InChI=1S/C17H15N3O4/c21-16-11-6-4-5-10-14(11)12(17(22)18-16)9-13(20(23)24)15(10)19-7-2-1-3-8-19/h4-6,9H,1-3,7-8H2,(H,18,21,22). The Hall–Kier alpha value is -2.96. The van der Waals surface area contributed by atoms with Crippen molar-refractivity contribution in [1.82, 2.24) is 5.32 Å². The van der Waals surface area contributed by atoms with Crippen molar-refractivity contribution >= 4 is 34.0 Å². The molecule has 2 aliphatic rings. The van der Waals surface area contributed by atoms with Crippen LogP contribution >= 0.6 is 0 Å². The highest BCUT2D eigenvalue weighted by Gasteiger charge is 2.32. The fourth-order valence-corrected chi connectivity index (χ4v) is 3.65. The number of anilines is 1. The van der Waals surface area contributed by atoms with Crippen molar-refractivity contribution < 1.29 is 14.5 Å². The van der Waals surface area contributed by atoms with Crippen LogP contribution in [0.4, 0.5) is 11.4 Å². The van der Waals surface area contributed by atoms with E-state index in [4.69, 9.17) is 0 Å². The third kappa shape index (κ3) is 2.05. The monoisotopic (exact) mass is 325 g/mol. The van der Waals surface area contributed by atoms with Crippen LogP contribution in [0.25, 0.3) is 10.8 Å². The number of piperidine rings is 1. The molecule has 1 fully saturated rings. The van der Waals surface area contributed by atoms with Crippen LogP contribution in [0.2, 0.25) is 0 Å². The summed E-state index contributed by atoms with van der Waals surface area (Å²) in [6.45, 7) is 1.47. The lowest BCUT2D eigenvalue weighted by Gasteiger charge is -2.30. The molecule has 1 N–H and O–H groups in total. The molecule has 0 spiro atoms. The van der Waals surface area contributed by atoms with Crippen LogP contribution in [0.1, 0.15) is 40.0 Å². The molecule has 0 unspecified atom stereocenters. The third-order valence-electron chi connectivity index (χ3n) is 4.70. The van der Waals surface area contributed by atoms with Crippen molar-refractivity contribution in [3.63, 3.8) is 0 Å². The van der Waals surface area contributed by atoms with Crippen LogP contribution in [0.15, 0.2) is 24.3 Å². The second kappa shape index (κ2) is 5.30. The highest BCUT2D eigenvalue weighted by atomic mass is 16.6. The Morgan fingerprint density at radius 1 is 1.04 bits per heavy atom. The maximum atomic E-state index is 12.2. The first-order valence-electron chi connectivity index (χ1n) is 7.92. The summed E-state index contributed by atoms with van der Waals surface area (Å²) in [5.74, 6) is -1.05. The van der Waals surface area contributed by atoms with Crippen LogP contribution < -0.4 is 10.2 Å². The van der Waals surface area contributed by atoms with E-state index < -0.39 is 16.7 Å². The van der Waals surface area contributed by atoms with Crippen LogP contribution in [0.3, 0.4) is 0 Å². The smallest absolute Gasteiger partial charge is 0.293 e. The summed E-state index contributed by atoms with van der Waals surface area (Å²) in [5, 5.41) is 15.0. The molecule has 4 rings (SSSR count). The van der Waals surface area contributed by atoms with Gasteiger partial charge in [0.1, 0.15) is 5.69 Å². The number of benzene rings is 2. The van der Waals surface area contributed by atoms with Crippen molar-refractivity contribution in [3.05, 3.63) is 45.5 Å². The van der Waals surface area contributed by atoms with Crippen LogP contribution in [-0.2, 0) is 0 Å². The van der Waals surface area contributed by atoms with Gasteiger partial charge in [-0.2, -0.15) is 0 Å². The first kappa shape index (κ1) is 14.6. The van der Waals surface area contributed by atoms with Gasteiger partial charge in [0, 0.05) is 35.5 Å². The summed E-state index contributed by atoms with van der Waals surface area (Å²) in [6.07, 6.45) is 3.05. The number of nitrogens with zero attached hydrogens (tertiary/aromatic N) is 2. The Bertz CT molecular complexity index is 900. The van der Waals surface area contributed by atoms with Gasteiger partial charge in [-0.1, -0.05) is 12.1 Å². The van der Waals surface area contributed by atoms with Crippen molar-refractivity contribution in [3.8, 4) is 0 Å². The number of hydrogen-bond acceptors (Lipinski definition) is 5. The lowest BCUT2D eigenvalue weighted by Crippen LogP contribution is -2.35. The molecular formula is C17H15N3O4. The molecule has 2 aromatic rings. The summed E-state index contributed by atoms with van der Waals surface area (Å²) in [5.41, 5.74) is 1.01. The van der Waals surface area contributed by atoms with E-state index in [9.17, 15) is 19.7 Å². The SMILES string of the molecule is O=C1NC(=O)c2cc([N+](=O)[O-])c(N3CCCCC3)c3cccc1c23. The Labute approximate surface area is 137 Å². The van der Waals surface area contributed by atoms with Crippen molar-refractivity contribution in [1.29, 1.82) is 0 Å². The molecular weight excluding hydrogens is 310 g/mol. The number of hydrogen-bond donors (Lipinski definition) is 1. The molecule has 2 aliphatic heterocycles. The number of amides is 2. The summed E-state index contributed by atoms with van der Waals surface area (Å²) < 4.78 is 0. The maximum Gasteiger partial charge on any atom is 0.293 e. The average molecular weight is 325 g/mol. The number of rotatable bonds is 2. The Balaban J connectivity index is 2.09. The lowest BCUT2D eigenvalue weighted by atomic mass is 9.92. The molecule has 0 radical (unpaired) electrons. The predicted octanol–water partition coefficient (Wildman–Crippen LogP) is 2.62. The van der Waals surface area contributed by atoms with E-state index >= 15 is 0 Å². The second-order valence-electron chi connectivity index (χ2n) is 6.11. The molecule has 0 atom stereocenters. The van der Waals surface area contributed by atoms with Gasteiger partial charge >= 0.3 is 0 Å². The highest BCUT2D eigenvalue weighted by molar-refractivity contribution is 6.27. The second-order valence-corrected chi connectivity index (χ2v) is 6.11. The molecule has 1 saturated heterocycles. The van der Waals surface area contributed by atoms with Crippen LogP contribution in [-0.4, -0.2) is 29.8 Å². The Kier molecular flexibility index (Phi) is 3.23. The number of nitro groups is 1. The minimum atomic E-state index is -0.586. The van der Waals surface area contributed by atoms with Gasteiger partial charge in [0.2, 0.25) is 0 Å². The first-order valence-corrected chi connectivity index (χ1v) is 7.92. The van der Waals surface area contributed by atoms with E-state index in [2.05, 4.69) is 5.32 Å². The maximum absolute atomic E-state index is 12.2. The van der Waals surface area contributed by atoms with Gasteiger partial charge in [0.05, 0.1) is 10.5 Å². The molecule has 7 heteroatoms. The summed E-state index contributed by atoms with van der Waals surface area (Å²) in [4.78, 5) is 37.5. The summed E-state index contributed by atoms with van der Waals surface area (Å²) in [6, 6.07) is 6.40. The minimum Gasteiger partial charge on any atom is -0.365 e. The number of nitro benzene ring substituents is 1. The number of carbonyl (C=O) groups excluding carboxylic acids is 2. The molecule has 2 heterocycles. The lowest BCUT2D eigenvalue weighted by molar-refractivity contribution is -0.384. The van der Waals surface area contributed by atoms with Crippen molar-refractivity contribution in [2.45, 2.75) is 19.3 Å². The zero-order valence-corrected chi connectivity index (χ0v) is 12.9. The molecule has 0 saturated carbocycles. The number of carbonyl (C=O) groups is 2. The van der Waals surface area contributed by atoms with Crippen LogP contribution in [0, 0.1) is 10.1 Å². The molecule has 24 heavy (non-hydrogen) atoms. The van der Waals surface area contributed by atoms with Crippen molar-refractivity contribution in [2.75, 3.05) is 18.0 Å². The molecule has 2 amide bonds. The van der Waals surface area contributed by atoms with Gasteiger partial charge in [-0.15, -0.1) is 0 Å². The number of imide groups is 1.